The lowest BCUT2D eigenvalue weighted by molar-refractivity contribution is 0.0606. The summed E-state index contributed by atoms with van der Waals surface area (Å²) in [6.45, 7) is 1.84. The van der Waals surface area contributed by atoms with E-state index in [1.165, 1.54) is 7.11 Å². The van der Waals surface area contributed by atoms with E-state index in [9.17, 15) is 4.79 Å². The van der Waals surface area contributed by atoms with Gasteiger partial charge >= 0.3 is 5.97 Å². The molecule has 0 aliphatic heterocycles. The number of carbonyl (C=O) groups is 1. The molecule has 0 saturated carbocycles. The average molecular weight is 399 g/mol. The number of benzene rings is 1. The number of anilines is 1. The highest BCUT2D eigenvalue weighted by atomic mass is 35.5. The van der Waals surface area contributed by atoms with Gasteiger partial charge < -0.3 is 14.6 Å². The molecule has 0 radical (unpaired) electrons. The van der Waals surface area contributed by atoms with Crippen LogP contribution in [0.3, 0.4) is 0 Å². The molecular formula is C15H12Cl2N4O3S. The maximum Gasteiger partial charge on any atom is 0.351 e. The molecular weight excluding hydrogens is 387 g/mol. The normalized spacial score (nSPS) is 12.0. The summed E-state index contributed by atoms with van der Waals surface area (Å²) >= 11 is 12.9. The van der Waals surface area contributed by atoms with Crippen molar-refractivity contribution in [3.05, 3.63) is 45.1 Å². The van der Waals surface area contributed by atoms with Gasteiger partial charge in [0.05, 0.1) is 13.2 Å². The molecule has 2 aromatic heterocycles. The van der Waals surface area contributed by atoms with Crippen LogP contribution in [0.2, 0.25) is 10.2 Å². The van der Waals surface area contributed by atoms with Gasteiger partial charge in [-0.1, -0.05) is 39.7 Å². The van der Waals surface area contributed by atoms with Gasteiger partial charge in [0, 0.05) is 10.6 Å². The Bertz CT molecular complexity index is 895. The molecule has 0 aliphatic rings. The van der Waals surface area contributed by atoms with Gasteiger partial charge in [0.1, 0.15) is 0 Å². The van der Waals surface area contributed by atoms with Crippen LogP contribution in [0.1, 0.15) is 28.5 Å². The molecule has 0 fully saturated rings. The van der Waals surface area contributed by atoms with Crippen LogP contribution < -0.4 is 5.32 Å². The van der Waals surface area contributed by atoms with Crippen LogP contribution in [-0.2, 0) is 4.74 Å². The van der Waals surface area contributed by atoms with Gasteiger partial charge in [-0.25, -0.2) is 9.78 Å². The summed E-state index contributed by atoms with van der Waals surface area (Å²) in [6, 6.07) is 6.77. The molecule has 7 nitrogen and oxygen atoms in total. The largest absolute Gasteiger partial charge is 0.465 e. The van der Waals surface area contributed by atoms with Gasteiger partial charge in [-0.05, 0) is 31.2 Å². The van der Waals surface area contributed by atoms with Crippen molar-refractivity contribution in [2.24, 2.45) is 0 Å². The molecule has 1 atom stereocenters. The van der Waals surface area contributed by atoms with Crippen molar-refractivity contribution in [2.75, 3.05) is 12.4 Å². The zero-order valence-corrected chi connectivity index (χ0v) is 15.4. The number of nitrogens with zero attached hydrogens (tertiary/aromatic N) is 3. The van der Waals surface area contributed by atoms with Crippen LogP contribution in [0.25, 0.3) is 11.5 Å². The third kappa shape index (κ3) is 3.92. The molecule has 1 N–H and O–H groups in total. The lowest BCUT2D eigenvalue weighted by Gasteiger charge is -2.07. The minimum Gasteiger partial charge on any atom is -0.465 e. The first-order valence-corrected chi connectivity index (χ1v) is 8.66. The first-order chi connectivity index (χ1) is 12.0. The lowest BCUT2D eigenvalue weighted by atomic mass is 10.2. The van der Waals surface area contributed by atoms with Crippen LogP contribution in [0.4, 0.5) is 5.13 Å². The number of hydrogen-bond donors (Lipinski definition) is 1. The molecule has 0 aliphatic carbocycles. The van der Waals surface area contributed by atoms with Gasteiger partial charge in [-0.3, -0.25) is 0 Å². The van der Waals surface area contributed by atoms with E-state index in [-0.39, 0.29) is 16.1 Å². The molecule has 25 heavy (non-hydrogen) atoms. The number of ether oxygens (including phenoxy) is 1. The average Bonchev–Trinajstić information content (AvgIpc) is 3.22. The van der Waals surface area contributed by atoms with Crippen LogP contribution in [-0.4, -0.2) is 28.2 Å². The third-order valence-corrected chi connectivity index (χ3v) is 4.82. The first-order valence-electron chi connectivity index (χ1n) is 7.08. The number of nitrogens with one attached hydrogen (secondary N) is 1. The van der Waals surface area contributed by atoms with E-state index < -0.39 is 5.97 Å². The maximum atomic E-state index is 11.6. The van der Waals surface area contributed by atoms with Crippen LogP contribution in [0, 0.1) is 0 Å². The SMILES string of the molecule is COC(=O)c1sc(NC(C)c2noc(-c3ccc(Cl)cc3)n2)nc1Cl. The number of thiazole rings is 1. The maximum absolute atomic E-state index is 11.6. The molecule has 2 heterocycles. The second-order valence-electron chi connectivity index (χ2n) is 4.96. The quantitative estimate of drug-likeness (QED) is 0.634. The number of methoxy groups -OCH3 is 1. The standard InChI is InChI=1S/C15H12Cl2N4O3S/c1-7(18-15-19-11(17)10(25-15)14(22)23-2)12-20-13(24-21-12)8-3-5-9(16)6-4-8/h3-7H,1-2H3,(H,18,19). The summed E-state index contributed by atoms with van der Waals surface area (Å²) in [7, 11) is 1.28. The van der Waals surface area contributed by atoms with Crippen molar-refractivity contribution >= 4 is 45.6 Å². The fourth-order valence-corrected chi connectivity index (χ4v) is 3.27. The molecule has 0 amide bonds. The fraction of sp³-hybridized carbons (Fsp3) is 0.200. The van der Waals surface area contributed by atoms with E-state index >= 15 is 0 Å². The van der Waals surface area contributed by atoms with E-state index in [1.54, 1.807) is 24.3 Å². The molecule has 130 valence electrons. The summed E-state index contributed by atoms with van der Waals surface area (Å²) < 4.78 is 9.92. The predicted molar refractivity (Wildman–Crippen MR) is 95.2 cm³/mol. The van der Waals surface area contributed by atoms with Crippen molar-refractivity contribution in [3.63, 3.8) is 0 Å². The van der Waals surface area contributed by atoms with Crippen molar-refractivity contribution in [1.29, 1.82) is 0 Å². The molecule has 3 rings (SSSR count). The smallest absolute Gasteiger partial charge is 0.351 e. The van der Waals surface area contributed by atoms with Crippen LogP contribution in [0.5, 0.6) is 0 Å². The first kappa shape index (κ1) is 17.7. The zero-order valence-electron chi connectivity index (χ0n) is 13.1. The van der Waals surface area contributed by atoms with Gasteiger partial charge in [0.2, 0.25) is 0 Å². The van der Waals surface area contributed by atoms with Crippen molar-refractivity contribution in [2.45, 2.75) is 13.0 Å². The fourth-order valence-electron chi connectivity index (χ4n) is 1.95. The van der Waals surface area contributed by atoms with Gasteiger partial charge in [0.15, 0.2) is 21.0 Å². The molecule has 0 saturated heterocycles. The molecule has 1 aromatic carbocycles. The van der Waals surface area contributed by atoms with Crippen molar-refractivity contribution < 1.29 is 14.1 Å². The number of esters is 1. The highest BCUT2D eigenvalue weighted by Gasteiger charge is 2.20. The summed E-state index contributed by atoms with van der Waals surface area (Å²) in [5.74, 6) is 0.288. The van der Waals surface area contributed by atoms with Crippen molar-refractivity contribution in [3.8, 4) is 11.5 Å². The molecule has 3 aromatic rings. The van der Waals surface area contributed by atoms with Gasteiger partial charge in [-0.2, -0.15) is 4.98 Å². The Morgan fingerprint density at radius 3 is 2.68 bits per heavy atom. The molecule has 0 spiro atoms. The summed E-state index contributed by atoms with van der Waals surface area (Å²) in [5.41, 5.74) is 0.764. The Hall–Kier alpha value is -2.16. The highest BCUT2D eigenvalue weighted by Crippen LogP contribution is 2.30. The molecule has 10 heteroatoms. The number of halogens is 2. The predicted octanol–water partition coefficient (Wildman–Crippen LogP) is 4.46. The van der Waals surface area contributed by atoms with Crippen LogP contribution in [0.15, 0.2) is 28.8 Å². The Balaban J connectivity index is 1.75. The minimum absolute atomic E-state index is 0.0847. The number of carbonyl (C=O) groups excluding carboxylic acids is 1. The van der Waals surface area contributed by atoms with Crippen molar-refractivity contribution in [1.82, 2.24) is 15.1 Å². The third-order valence-electron chi connectivity index (χ3n) is 3.22. The monoisotopic (exact) mass is 398 g/mol. The minimum atomic E-state index is -0.534. The van der Waals surface area contributed by atoms with E-state index in [2.05, 4.69) is 25.2 Å². The Kier molecular flexibility index (Phi) is 5.22. The van der Waals surface area contributed by atoms with E-state index in [0.29, 0.717) is 21.9 Å². The Labute approximate surface area is 156 Å². The van der Waals surface area contributed by atoms with Gasteiger partial charge in [0.25, 0.3) is 5.89 Å². The number of hydrogen-bond acceptors (Lipinski definition) is 8. The Morgan fingerprint density at radius 1 is 1.28 bits per heavy atom. The van der Waals surface area contributed by atoms with Crippen LogP contribution >= 0.6 is 34.5 Å². The van der Waals surface area contributed by atoms with Gasteiger partial charge in [-0.15, -0.1) is 0 Å². The second kappa shape index (κ2) is 7.38. The van der Waals surface area contributed by atoms with E-state index in [0.717, 1.165) is 16.9 Å². The second-order valence-corrected chi connectivity index (χ2v) is 6.75. The van der Waals surface area contributed by atoms with E-state index in [4.69, 9.17) is 27.7 Å². The summed E-state index contributed by atoms with van der Waals surface area (Å²) in [4.78, 5) is 20.3. The highest BCUT2D eigenvalue weighted by molar-refractivity contribution is 7.18. The molecule has 0 bridgehead atoms. The Morgan fingerprint density at radius 2 is 2.00 bits per heavy atom. The topological polar surface area (TPSA) is 90.1 Å². The summed E-state index contributed by atoms with van der Waals surface area (Å²) in [5, 5.41) is 8.21. The lowest BCUT2D eigenvalue weighted by Crippen LogP contribution is -2.08. The van der Waals surface area contributed by atoms with E-state index in [1.807, 2.05) is 6.92 Å². The zero-order chi connectivity index (χ0) is 18.0. The number of aromatic nitrogens is 3. The molecule has 1 unspecified atom stereocenters. The number of rotatable bonds is 5. The summed E-state index contributed by atoms with van der Waals surface area (Å²) in [6.07, 6.45) is 0.